The van der Waals surface area contributed by atoms with Crippen LogP contribution in [0, 0.1) is 5.41 Å². The highest BCUT2D eigenvalue weighted by Gasteiger charge is 2.42. The molecule has 0 bridgehead atoms. The van der Waals surface area contributed by atoms with Crippen LogP contribution < -0.4 is 0 Å². The predicted molar refractivity (Wildman–Crippen MR) is 60.3 cm³/mol. The molecule has 4 nitrogen and oxygen atoms in total. The molecule has 1 fully saturated rings. The van der Waals surface area contributed by atoms with E-state index in [0.717, 1.165) is 19.3 Å². The van der Waals surface area contributed by atoms with E-state index in [4.69, 9.17) is 9.84 Å². The van der Waals surface area contributed by atoms with Crippen molar-refractivity contribution >= 4 is 5.97 Å². The van der Waals surface area contributed by atoms with Crippen LogP contribution >= 0.6 is 0 Å². The van der Waals surface area contributed by atoms with Gasteiger partial charge in [-0.3, -0.25) is 0 Å². The molecular weight excluding hydrogens is 208 g/mol. The van der Waals surface area contributed by atoms with Gasteiger partial charge in [-0.05, 0) is 37.5 Å². The molecule has 0 aliphatic heterocycles. The molecule has 0 aromatic heterocycles. The zero-order valence-corrected chi connectivity index (χ0v) is 10.2. The lowest BCUT2D eigenvalue weighted by Crippen LogP contribution is -2.42. The minimum absolute atomic E-state index is 0.104. The summed E-state index contributed by atoms with van der Waals surface area (Å²) in [7, 11) is 0. The first-order valence-corrected chi connectivity index (χ1v) is 5.90. The molecule has 0 spiro atoms. The van der Waals surface area contributed by atoms with Gasteiger partial charge in [-0.15, -0.1) is 0 Å². The number of hydrogen-bond donors (Lipinski definition) is 2. The number of aliphatic hydroxyl groups is 1. The van der Waals surface area contributed by atoms with Crippen molar-refractivity contribution in [1.29, 1.82) is 0 Å². The van der Waals surface area contributed by atoms with Gasteiger partial charge in [-0.25, -0.2) is 4.79 Å². The first-order valence-electron chi connectivity index (χ1n) is 5.90. The molecule has 2 N–H and O–H groups in total. The fraction of sp³-hybridized carbons (Fsp3) is 0.917. The SMILES string of the molecule is CC1(C)CCCC(OCCO)(C(=O)O)CC1. The average molecular weight is 230 g/mol. The van der Waals surface area contributed by atoms with Gasteiger partial charge in [-0.2, -0.15) is 0 Å². The summed E-state index contributed by atoms with van der Waals surface area (Å²) in [5, 5.41) is 18.1. The van der Waals surface area contributed by atoms with Crippen molar-refractivity contribution in [2.45, 2.75) is 51.6 Å². The van der Waals surface area contributed by atoms with Crippen LogP contribution in [0.3, 0.4) is 0 Å². The summed E-state index contributed by atoms with van der Waals surface area (Å²) in [5.41, 5.74) is -0.879. The van der Waals surface area contributed by atoms with E-state index in [-0.39, 0.29) is 18.6 Å². The minimum Gasteiger partial charge on any atom is -0.479 e. The Labute approximate surface area is 96.6 Å². The number of aliphatic carboxylic acids is 1. The van der Waals surface area contributed by atoms with Crippen molar-refractivity contribution in [1.82, 2.24) is 0 Å². The molecule has 0 amide bonds. The van der Waals surface area contributed by atoms with E-state index < -0.39 is 11.6 Å². The lowest BCUT2D eigenvalue weighted by molar-refractivity contribution is -0.169. The van der Waals surface area contributed by atoms with Gasteiger partial charge in [0, 0.05) is 0 Å². The van der Waals surface area contributed by atoms with E-state index in [1.807, 2.05) is 0 Å². The highest BCUT2D eigenvalue weighted by atomic mass is 16.5. The molecule has 1 saturated carbocycles. The van der Waals surface area contributed by atoms with Crippen LogP contribution in [0.15, 0.2) is 0 Å². The van der Waals surface area contributed by atoms with Gasteiger partial charge in [0.05, 0.1) is 13.2 Å². The quantitative estimate of drug-likeness (QED) is 0.723. The fourth-order valence-electron chi connectivity index (χ4n) is 2.30. The Bertz CT molecular complexity index is 249. The third-order valence-corrected chi connectivity index (χ3v) is 3.50. The van der Waals surface area contributed by atoms with E-state index in [1.165, 1.54) is 0 Å². The smallest absolute Gasteiger partial charge is 0.335 e. The standard InChI is InChI=1S/C12H22O4/c1-11(2)4-3-5-12(7-6-11,10(14)15)16-9-8-13/h13H,3-9H2,1-2H3,(H,14,15). The largest absolute Gasteiger partial charge is 0.479 e. The predicted octanol–water partition coefficient (Wildman–Crippen LogP) is 1.81. The third kappa shape index (κ3) is 3.19. The van der Waals surface area contributed by atoms with Crippen molar-refractivity contribution in [2.75, 3.05) is 13.2 Å². The maximum atomic E-state index is 11.3. The maximum absolute atomic E-state index is 11.3. The molecule has 1 aliphatic rings. The number of rotatable bonds is 4. The highest BCUT2D eigenvalue weighted by Crippen LogP contribution is 2.39. The van der Waals surface area contributed by atoms with Gasteiger partial charge in [0.2, 0.25) is 0 Å². The zero-order chi connectivity index (χ0) is 12.2. The molecule has 4 heteroatoms. The van der Waals surface area contributed by atoms with Crippen LogP contribution in [0.25, 0.3) is 0 Å². The van der Waals surface area contributed by atoms with E-state index in [1.54, 1.807) is 0 Å². The van der Waals surface area contributed by atoms with Crippen molar-refractivity contribution in [3.8, 4) is 0 Å². The van der Waals surface area contributed by atoms with Gasteiger partial charge in [0.15, 0.2) is 5.60 Å². The minimum atomic E-state index is -1.07. The normalized spacial score (nSPS) is 29.7. The molecule has 0 heterocycles. The summed E-state index contributed by atoms with van der Waals surface area (Å²) < 4.78 is 5.40. The summed E-state index contributed by atoms with van der Waals surface area (Å²) >= 11 is 0. The van der Waals surface area contributed by atoms with Crippen LogP contribution in [0.2, 0.25) is 0 Å². The highest BCUT2D eigenvalue weighted by molar-refractivity contribution is 5.77. The van der Waals surface area contributed by atoms with Crippen LogP contribution in [-0.2, 0) is 9.53 Å². The average Bonchev–Trinajstić information content (AvgIpc) is 2.35. The number of carboxylic acids is 1. The van der Waals surface area contributed by atoms with E-state index in [2.05, 4.69) is 13.8 Å². The third-order valence-electron chi connectivity index (χ3n) is 3.50. The summed E-state index contributed by atoms with van der Waals surface area (Å²) in [4.78, 5) is 11.3. The molecule has 1 aliphatic carbocycles. The first kappa shape index (κ1) is 13.5. The van der Waals surface area contributed by atoms with Gasteiger partial charge >= 0.3 is 5.97 Å². The second-order valence-electron chi connectivity index (χ2n) is 5.39. The molecule has 0 aromatic carbocycles. The second kappa shape index (κ2) is 5.15. The summed E-state index contributed by atoms with van der Waals surface area (Å²) in [6.07, 6.45) is 3.83. The fourth-order valence-corrected chi connectivity index (χ4v) is 2.30. The van der Waals surface area contributed by atoms with Crippen molar-refractivity contribution < 1.29 is 19.7 Å². The lowest BCUT2D eigenvalue weighted by atomic mass is 9.84. The Morgan fingerprint density at radius 2 is 1.94 bits per heavy atom. The number of aliphatic hydroxyl groups excluding tert-OH is 1. The van der Waals surface area contributed by atoms with Crippen LogP contribution in [0.5, 0.6) is 0 Å². The molecule has 94 valence electrons. The second-order valence-corrected chi connectivity index (χ2v) is 5.39. The molecule has 1 rings (SSSR count). The zero-order valence-electron chi connectivity index (χ0n) is 10.2. The summed E-state index contributed by atoms with van der Waals surface area (Å²) in [6.45, 7) is 4.30. The monoisotopic (exact) mass is 230 g/mol. The van der Waals surface area contributed by atoms with Crippen molar-refractivity contribution in [2.24, 2.45) is 5.41 Å². The van der Waals surface area contributed by atoms with Crippen LogP contribution in [-0.4, -0.2) is 35.0 Å². The Morgan fingerprint density at radius 1 is 1.25 bits per heavy atom. The number of carboxylic acid groups (broad SMARTS) is 1. The van der Waals surface area contributed by atoms with Crippen LogP contribution in [0.1, 0.15) is 46.0 Å². The Morgan fingerprint density at radius 3 is 2.50 bits per heavy atom. The van der Waals surface area contributed by atoms with Crippen LogP contribution in [0.4, 0.5) is 0 Å². The molecule has 1 atom stereocenters. The van der Waals surface area contributed by atoms with Gasteiger partial charge in [0.25, 0.3) is 0 Å². The van der Waals surface area contributed by atoms with Crippen molar-refractivity contribution in [3.63, 3.8) is 0 Å². The first-order chi connectivity index (χ1) is 7.42. The van der Waals surface area contributed by atoms with Crippen molar-refractivity contribution in [3.05, 3.63) is 0 Å². The molecule has 0 aromatic rings. The van der Waals surface area contributed by atoms with E-state index in [9.17, 15) is 9.90 Å². The molecular formula is C12H22O4. The summed E-state index contributed by atoms with van der Waals surface area (Å²) in [5.74, 6) is -0.890. The lowest BCUT2D eigenvalue weighted by Gasteiger charge is -2.29. The molecule has 0 radical (unpaired) electrons. The molecule has 16 heavy (non-hydrogen) atoms. The summed E-state index contributed by atoms with van der Waals surface area (Å²) in [6, 6.07) is 0. The Kier molecular flexibility index (Phi) is 4.33. The van der Waals surface area contributed by atoms with E-state index >= 15 is 0 Å². The molecule has 0 saturated heterocycles. The number of hydrogen-bond acceptors (Lipinski definition) is 3. The van der Waals surface area contributed by atoms with Gasteiger partial charge in [0.1, 0.15) is 0 Å². The topological polar surface area (TPSA) is 66.8 Å². The maximum Gasteiger partial charge on any atom is 0.335 e. The van der Waals surface area contributed by atoms with E-state index in [0.29, 0.717) is 12.8 Å². The Balaban J connectivity index is 2.74. The molecule has 1 unspecified atom stereocenters. The number of ether oxygens (including phenoxy) is 1. The number of carbonyl (C=O) groups is 1. The van der Waals surface area contributed by atoms with Gasteiger partial charge < -0.3 is 14.9 Å². The Hall–Kier alpha value is -0.610. The van der Waals surface area contributed by atoms with Gasteiger partial charge in [-0.1, -0.05) is 13.8 Å².